The molecule has 0 aromatic rings. The molecule has 0 spiro atoms. The van der Waals surface area contributed by atoms with Crippen LogP contribution in [0.15, 0.2) is 0 Å². The Bertz CT molecular complexity index is 164. The summed E-state index contributed by atoms with van der Waals surface area (Å²) in [5.74, 6) is 0.562. The summed E-state index contributed by atoms with van der Waals surface area (Å²) in [4.78, 5) is 13.1. The molecule has 0 aromatic carbocycles. The average Bonchev–Trinajstić information content (AvgIpc) is 1.94. The molecule has 1 aliphatic rings. The lowest BCUT2D eigenvalue weighted by Gasteiger charge is -2.33. The lowest BCUT2D eigenvalue weighted by atomic mass is 9.80. The number of amides is 1. The smallest absolute Gasteiger partial charge is 0.251 e. The van der Waals surface area contributed by atoms with Crippen LogP contribution in [0.1, 0.15) is 19.3 Å². The highest BCUT2D eigenvalue weighted by Crippen LogP contribution is 2.31. The molecular formula is C9H17NO2. The first-order valence-electron chi connectivity index (χ1n) is 4.40. The van der Waals surface area contributed by atoms with Crippen LogP contribution in [0.25, 0.3) is 0 Å². The number of carbonyl (C=O) groups is 1. The summed E-state index contributed by atoms with van der Waals surface area (Å²) in [5.41, 5.74) is 0. The van der Waals surface area contributed by atoms with Crippen molar-refractivity contribution < 1.29 is 9.53 Å². The Hall–Kier alpha value is -0.570. The van der Waals surface area contributed by atoms with E-state index in [4.69, 9.17) is 4.74 Å². The van der Waals surface area contributed by atoms with E-state index < -0.39 is 0 Å². The number of carbonyl (C=O) groups excluding carboxylic acids is 1. The van der Waals surface area contributed by atoms with Crippen molar-refractivity contribution in [3.8, 4) is 0 Å². The van der Waals surface area contributed by atoms with Crippen LogP contribution in [-0.4, -0.2) is 38.1 Å². The molecule has 70 valence electrons. The fourth-order valence-corrected chi connectivity index (χ4v) is 1.49. The van der Waals surface area contributed by atoms with E-state index in [0.29, 0.717) is 5.92 Å². The van der Waals surface area contributed by atoms with Crippen LogP contribution in [0, 0.1) is 5.92 Å². The van der Waals surface area contributed by atoms with Gasteiger partial charge in [-0.1, -0.05) is 6.42 Å². The second kappa shape index (κ2) is 3.90. The maximum absolute atomic E-state index is 11.5. The van der Waals surface area contributed by atoms with Gasteiger partial charge in [0, 0.05) is 21.2 Å². The van der Waals surface area contributed by atoms with Gasteiger partial charge < -0.3 is 9.64 Å². The van der Waals surface area contributed by atoms with E-state index in [0.717, 1.165) is 12.8 Å². The van der Waals surface area contributed by atoms with Gasteiger partial charge in [0.05, 0.1) is 0 Å². The van der Waals surface area contributed by atoms with Crippen molar-refractivity contribution in [3.63, 3.8) is 0 Å². The third-order valence-corrected chi connectivity index (χ3v) is 2.52. The molecule has 1 rings (SSSR count). The molecule has 12 heavy (non-hydrogen) atoms. The molecule has 0 radical (unpaired) electrons. The van der Waals surface area contributed by atoms with Crippen LogP contribution in [0.4, 0.5) is 0 Å². The van der Waals surface area contributed by atoms with Gasteiger partial charge >= 0.3 is 0 Å². The summed E-state index contributed by atoms with van der Waals surface area (Å²) in [7, 11) is 5.16. The van der Waals surface area contributed by atoms with Crippen molar-refractivity contribution in [2.45, 2.75) is 25.4 Å². The molecular weight excluding hydrogens is 154 g/mol. The molecule has 1 fully saturated rings. The summed E-state index contributed by atoms with van der Waals surface area (Å²) in [6.45, 7) is 0. The second-order valence-corrected chi connectivity index (χ2v) is 3.58. The molecule has 1 atom stereocenters. The summed E-state index contributed by atoms with van der Waals surface area (Å²) in [5, 5.41) is 0. The number of hydrogen-bond donors (Lipinski definition) is 0. The fourth-order valence-electron chi connectivity index (χ4n) is 1.49. The van der Waals surface area contributed by atoms with Gasteiger partial charge in [0.25, 0.3) is 5.91 Å². The minimum Gasteiger partial charge on any atom is -0.371 e. The molecule has 3 nitrogen and oxygen atoms in total. The largest absolute Gasteiger partial charge is 0.371 e. The fraction of sp³-hybridized carbons (Fsp3) is 0.889. The maximum Gasteiger partial charge on any atom is 0.251 e. The lowest BCUT2D eigenvalue weighted by Crippen LogP contribution is -2.42. The Kier molecular flexibility index (Phi) is 3.09. The quantitative estimate of drug-likeness (QED) is 0.631. The Morgan fingerprint density at radius 1 is 1.50 bits per heavy atom. The van der Waals surface area contributed by atoms with E-state index in [1.165, 1.54) is 6.42 Å². The van der Waals surface area contributed by atoms with Crippen LogP contribution >= 0.6 is 0 Å². The summed E-state index contributed by atoms with van der Waals surface area (Å²) >= 11 is 0. The molecule has 0 aromatic heterocycles. The van der Waals surface area contributed by atoms with E-state index in [1.54, 1.807) is 26.1 Å². The van der Waals surface area contributed by atoms with Crippen molar-refractivity contribution in [3.05, 3.63) is 0 Å². The summed E-state index contributed by atoms with van der Waals surface area (Å²) < 4.78 is 5.19. The first kappa shape index (κ1) is 9.52. The number of rotatable bonds is 3. The van der Waals surface area contributed by atoms with Gasteiger partial charge in [0.2, 0.25) is 0 Å². The number of ether oxygens (including phenoxy) is 1. The van der Waals surface area contributed by atoms with Gasteiger partial charge in [-0.15, -0.1) is 0 Å². The minimum absolute atomic E-state index is 0.0993. The first-order chi connectivity index (χ1) is 5.66. The van der Waals surface area contributed by atoms with E-state index in [9.17, 15) is 4.79 Å². The standard InChI is InChI=1S/C9H17NO2/c1-10(2)9(11)8(12-3)7-5-4-6-7/h7-8H,4-6H2,1-3H3. The zero-order chi connectivity index (χ0) is 9.14. The molecule has 3 heteroatoms. The molecule has 1 saturated carbocycles. The molecule has 0 N–H and O–H groups in total. The van der Waals surface area contributed by atoms with Crippen molar-refractivity contribution >= 4 is 5.91 Å². The highest BCUT2D eigenvalue weighted by atomic mass is 16.5. The molecule has 0 heterocycles. The van der Waals surface area contributed by atoms with Crippen LogP contribution in [0.2, 0.25) is 0 Å². The van der Waals surface area contributed by atoms with E-state index in [1.807, 2.05) is 0 Å². The molecule has 0 bridgehead atoms. The monoisotopic (exact) mass is 171 g/mol. The first-order valence-corrected chi connectivity index (χ1v) is 4.40. The average molecular weight is 171 g/mol. The van der Waals surface area contributed by atoms with Crippen LogP contribution in [-0.2, 0) is 9.53 Å². The molecule has 1 amide bonds. The zero-order valence-electron chi connectivity index (χ0n) is 8.04. The topological polar surface area (TPSA) is 29.5 Å². The predicted molar refractivity (Wildman–Crippen MR) is 46.8 cm³/mol. The molecule has 1 unspecified atom stereocenters. The van der Waals surface area contributed by atoms with Crippen molar-refractivity contribution in [2.75, 3.05) is 21.2 Å². The lowest BCUT2D eigenvalue weighted by molar-refractivity contribution is -0.144. The number of hydrogen-bond acceptors (Lipinski definition) is 2. The van der Waals surface area contributed by atoms with Gasteiger partial charge in [-0.2, -0.15) is 0 Å². The zero-order valence-corrected chi connectivity index (χ0v) is 8.04. The van der Waals surface area contributed by atoms with E-state index >= 15 is 0 Å². The Morgan fingerprint density at radius 2 is 2.08 bits per heavy atom. The number of methoxy groups -OCH3 is 1. The Morgan fingerprint density at radius 3 is 2.33 bits per heavy atom. The predicted octanol–water partition coefficient (Wildman–Crippen LogP) is 0.890. The van der Waals surface area contributed by atoms with Gasteiger partial charge in [0.1, 0.15) is 6.10 Å². The van der Waals surface area contributed by atoms with Crippen LogP contribution in [0.5, 0.6) is 0 Å². The van der Waals surface area contributed by atoms with Crippen molar-refractivity contribution in [2.24, 2.45) is 5.92 Å². The van der Waals surface area contributed by atoms with Gasteiger partial charge in [-0.05, 0) is 18.8 Å². The molecule has 0 aliphatic heterocycles. The minimum atomic E-state index is -0.200. The summed E-state index contributed by atoms with van der Waals surface area (Å²) in [6, 6.07) is 0. The Labute approximate surface area is 73.7 Å². The highest BCUT2D eigenvalue weighted by Gasteiger charge is 2.33. The molecule has 1 aliphatic carbocycles. The molecule has 0 saturated heterocycles. The maximum atomic E-state index is 11.5. The normalized spacial score (nSPS) is 19.9. The van der Waals surface area contributed by atoms with E-state index in [-0.39, 0.29) is 12.0 Å². The third kappa shape index (κ3) is 1.78. The van der Waals surface area contributed by atoms with Gasteiger partial charge in [0.15, 0.2) is 0 Å². The number of likely N-dealkylation sites (N-methyl/N-ethyl adjacent to an activating group) is 1. The van der Waals surface area contributed by atoms with Crippen LogP contribution in [0.3, 0.4) is 0 Å². The highest BCUT2D eigenvalue weighted by molar-refractivity contribution is 5.80. The van der Waals surface area contributed by atoms with E-state index in [2.05, 4.69) is 0 Å². The number of nitrogens with zero attached hydrogens (tertiary/aromatic N) is 1. The second-order valence-electron chi connectivity index (χ2n) is 3.58. The SMILES string of the molecule is COC(C(=O)N(C)C)C1CCC1. The van der Waals surface area contributed by atoms with Gasteiger partial charge in [-0.25, -0.2) is 0 Å². The van der Waals surface area contributed by atoms with Crippen LogP contribution < -0.4 is 0 Å². The van der Waals surface area contributed by atoms with Crippen molar-refractivity contribution in [1.29, 1.82) is 0 Å². The van der Waals surface area contributed by atoms with Gasteiger partial charge in [-0.3, -0.25) is 4.79 Å². The van der Waals surface area contributed by atoms with Crippen molar-refractivity contribution in [1.82, 2.24) is 4.90 Å². The third-order valence-electron chi connectivity index (χ3n) is 2.52. The summed E-state index contributed by atoms with van der Waals surface area (Å²) in [6.07, 6.45) is 3.32. The Balaban J connectivity index is 2.48.